The molecular weight excluding hydrogens is 260 g/mol. The van der Waals surface area contributed by atoms with Crippen LogP contribution in [0.2, 0.25) is 0 Å². The van der Waals surface area contributed by atoms with Gasteiger partial charge < -0.3 is 15.1 Å². The van der Waals surface area contributed by atoms with E-state index in [4.69, 9.17) is 0 Å². The first kappa shape index (κ1) is 14.2. The number of Topliss-reactive ketones (excluding diaryl/α,β-unsaturated/α-hetero) is 1. The molecule has 2 rings (SSSR count). The molecule has 0 saturated carbocycles. The third-order valence-corrected chi connectivity index (χ3v) is 3.14. The van der Waals surface area contributed by atoms with Gasteiger partial charge in [-0.1, -0.05) is 6.07 Å². The van der Waals surface area contributed by atoms with E-state index in [0.717, 1.165) is 0 Å². The summed E-state index contributed by atoms with van der Waals surface area (Å²) in [5, 5.41) is 19.4. The molecule has 2 N–H and O–H groups in total. The van der Waals surface area contributed by atoms with E-state index in [9.17, 15) is 19.8 Å². The van der Waals surface area contributed by atoms with E-state index >= 15 is 0 Å². The van der Waals surface area contributed by atoms with Gasteiger partial charge in [0.15, 0.2) is 11.5 Å². The molecule has 0 unspecified atom stereocenters. The summed E-state index contributed by atoms with van der Waals surface area (Å²) < 4.78 is 0. The van der Waals surface area contributed by atoms with Crippen LogP contribution in [0.3, 0.4) is 0 Å². The number of hydrogen-bond donors (Lipinski definition) is 2. The average molecular weight is 276 g/mol. The zero-order valence-electron chi connectivity index (χ0n) is 11.3. The van der Waals surface area contributed by atoms with Crippen molar-refractivity contribution in [1.29, 1.82) is 0 Å². The summed E-state index contributed by atoms with van der Waals surface area (Å²) in [6.45, 7) is 2.86. The van der Waals surface area contributed by atoms with E-state index in [1.165, 1.54) is 24.9 Å². The number of carbonyl (C=O) groups excluding carboxylic acids is 2. The predicted molar refractivity (Wildman–Crippen MR) is 70.7 cm³/mol. The molecule has 6 nitrogen and oxygen atoms in total. The molecular formula is C14H16N2O4. The van der Waals surface area contributed by atoms with Gasteiger partial charge in [-0.25, -0.2) is 0 Å². The molecule has 2 atom stereocenters. The minimum Gasteiger partial charge on any atom is -0.503 e. The van der Waals surface area contributed by atoms with Gasteiger partial charge in [0.25, 0.3) is 5.91 Å². The molecule has 106 valence electrons. The fourth-order valence-electron chi connectivity index (χ4n) is 2.37. The Morgan fingerprint density at radius 2 is 2.25 bits per heavy atom. The Morgan fingerprint density at radius 3 is 2.75 bits per heavy atom. The van der Waals surface area contributed by atoms with Crippen molar-refractivity contribution in [3.05, 3.63) is 41.4 Å². The molecule has 0 fully saturated rings. The fourth-order valence-corrected chi connectivity index (χ4v) is 2.37. The van der Waals surface area contributed by atoms with Crippen LogP contribution < -0.4 is 0 Å². The zero-order chi connectivity index (χ0) is 14.9. The largest absolute Gasteiger partial charge is 0.503 e. The van der Waals surface area contributed by atoms with Crippen LogP contribution in [0.15, 0.2) is 35.9 Å². The lowest BCUT2D eigenvalue weighted by molar-refractivity contribution is -0.130. The Kier molecular flexibility index (Phi) is 3.85. The number of carbonyl (C=O) groups is 2. The van der Waals surface area contributed by atoms with Gasteiger partial charge in [-0.05, 0) is 25.5 Å². The summed E-state index contributed by atoms with van der Waals surface area (Å²) in [6.07, 6.45) is 2.35. The lowest BCUT2D eigenvalue weighted by Crippen LogP contribution is -2.36. The summed E-state index contributed by atoms with van der Waals surface area (Å²) in [4.78, 5) is 29.1. The van der Waals surface area contributed by atoms with Gasteiger partial charge in [-0.15, -0.1) is 0 Å². The first-order valence-corrected chi connectivity index (χ1v) is 6.26. The topological polar surface area (TPSA) is 90.7 Å². The Morgan fingerprint density at radius 1 is 1.55 bits per heavy atom. The molecule has 1 amide bonds. The highest BCUT2D eigenvalue weighted by Crippen LogP contribution is 2.37. The van der Waals surface area contributed by atoms with Crippen molar-refractivity contribution < 1.29 is 19.8 Å². The maximum Gasteiger partial charge on any atom is 0.290 e. The predicted octanol–water partition coefficient (Wildman–Crippen LogP) is 0.747. The minimum absolute atomic E-state index is 0.0270. The number of nitrogens with zero attached hydrogens (tertiary/aromatic N) is 2. The highest BCUT2D eigenvalue weighted by Gasteiger charge is 2.42. The van der Waals surface area contributed by atoms with Crippen LogP contribution in [0.1, 0.15) is 25.5 Å². The van der Waals surface area contributed by atoms with Crippen molar-refractivity contribution in [2.75, 3.05) is 6.54 Å². The second-order valence-electron chi connectivity index (χ2n) is 4.81. The van der Waals surface area contributed by atoms with Crippen molar-refractivity contribution in [2.45, 2.75) is 26.0 Å². The van der Waals surface area contributed by atoms with E-state index in [-0.39, 0.29) is 17.9 Å². The number of hydrogen-bond acceptors (Lipinski definition) is 5. The van der Waals surface area contributed by atoms with E-state index < -0.39 is 23.8 Å². The molecule has 1 aromatic heterocycles. The number of rotatable bonds is 4. The molecule has 0 aliphatic carbocycles. The summed E-state index contributed by atoms with van der Waals surface area (Å²) >= 11 is 0. The molecule has 1 aliphatic rings. The molecule has 1 aromatic rings. The van der Waals surface area contributed by atoms with Crippen molar-refractivity contribution in [3.8, 4) is 0 Å². The summed E-state index contributed by atoms with van der Waals surface area (Å²) in [6, 6.07) is 2.71. The Hall–Kier alpha value is -2.21. The molecule has 1 aliphatic heterocycles. The van der Waals surface area contributed by atoms with Gasteiger partial charge in [-0.3, -0.25) is 14.6 Å². The third-order valence-electron chi connectivity index (χ3n) is 3.14. The summed E-state index contributed by atoms with van der Waals surface area (Å²) in [7, 11) is 0. The van der Waals surface area contributed by atoms with Gasteiger partial charge in [-0.2, -0.15) is 0 Å². The number of pyridine rings is 1. The van der Waals surface area contributed by atoms with Crippen molar-refractivity contribution >= 4 is 11.7 Å². The second kappa shape index (κ2) is 5.42. The second-order valence-corrected chi connectivity index (χ2v) is 4.81. The van der Waals surface area contributed by atoms with Crippen molar-refractivity contribution in [1.82, 2.24) is 9.88 Å². The third kappa shape index (κ3) is 2.42. The quantitative estimate of drug-likeness (QED) is 0.846. The maximum atomic E-state index is 12.1. The highest BCUT2D eigenvalue weighted by atomic mass is 16.3. The van der Waals surface area contributed by atoms with E-state index in [2.05, 4.69) is 4.98 Å². The van der Waals surface area contributed by atoms with Crippen LogP contribution in [-0.4, -0.2) is 44.4 Å². The number of aliphatic hydroxyl groups excluding tert-OH is 2. The first-order valence-electron chi connectivity index (χ1n) is 6.26. The minimum atomic E-state index is -0.766. The lowest BCUT2D eigenvalue weighted by atomic mass is 9.98. The highest BCUT2D eigenvalue weighted by molar-refractivity contribution is 6.08. The number of β-amino-alcohol motifs (C(OH)–C–C–N with tert-alkyl or cyclic N) is 1. The van der Waals surface area contributed by atoms with Crippen LogP contribution >= 0.6 is 0 Å². The number of amides is 1. The Labute approximate surface area is 116 Å². The molecule has 20 heavy (non-hydrogen) atoms. The zero-order valence-corrected chi connectivity index (χ0v) is 11.3. The van der Waals surface area contributed by atoms with Crippen molar-refractivity contribution in [2.24, 2.45) is 0 Å². The Balaban J connectivity index is 2.50. The van der Waals surface area contributed by atoms with Crippen molar-refractivity contribution in [3.63, 3.8) is 0 Å². The van der Waals surface area contributed by atoms with Gasteiger partial charge in [0, 0.05) is 18.9 Å². The van der Waals surface area contributed by atoms with Gasteiger partial charge in [0.05, 0.1) is 17.7 Å². The van der Waals surface area contributed by atoms with E-state index in [1.54, 1.807) is 18.3 Å². The summed E-state index contributed by atoms with van der Waals surface area (Å²) in [5.74, 6) is -1.57. The lowest BCUT2D eigenvalue weighted by Gasteiger charge is -2.27. The number of aromatic nitrogens is 1. The molecule has 0 aromatic carbocycles. The summed E-state index contributed by atoms with van der Waals surface area (Å²) in [5.41, 5.74) is 0.666. The van der Waals surface area contributed by atoms with Gasteiger partial charge in [0.1, 0.15) is 0 Å². The molecule has 0 saturated heterocycles. The molecule has 0 spiro atoms. The maximum absolute atomic E-state index is 12.1. The molecule has 6 heteroatoms. The van der Waals surface area contributed by atoms with Crippen LogP contribution in [0.5, 0.6) is 0 Å². The smallest absolute Gasteiger partial charge is 0.290 e. The van der Waals surface area contributed by atoms with E-state index in [1.807, 2.05) is 0 Å². The number of ketones is 1. The van der Waals surface area contributed by atoms with Crippen LogP contribution in [0.4, 0.5) is 0 Å². The molecule has 0 bridgehead atoms. The van der Waals surface area contributed by atoms with Crippen LogP contribution in [0.25, 0.3) is 0 Å². The molecule has 2 heterocycles. The standard InChI is InChI=1S/C14H16N2O4/c1-8(17)7-16-12(10-4-3-5-15-6-10)11(9(2)18)13(19)14(16)20/h3-6,8,12,17,19H,7H2,1-2H3/t8-,12+/m1/s1. The van der Waals surface area contributed by atoms with Gasteiger partial charge in [0.2, 0.25) is 0 Å². The molecule has 0 radical (unpaired) electrons. The average Bonchev–Trinajstić information content (AvgIpc) is 2.64. The first-order chi connectivity index (χ1) is 9.43. The van der Waals surface area contributed by atoms with Crippen LogP contribution in [0, 0.1) is 0 Å². The normalized spacial score (nSPS) is 20.4. The van der Waals surface area contributed by atoms with E-state index in [0.29, 0.717) is 5.56 Å². The Bertz CT molecular complexity index is 566. The van der Waals surface area contributed by atoms with Gasteiger partial charge >= 0.3 is 0 Å². The van der Waals surface area contributed by atoms with Crippen LogP contribution in [-0.2, 0) is 9.59 Å². The number of aliphatic hydroxyl groups is 2. The monoisotopic (exact) mass is 276 g/mol. The fraction of sp³-hybridized carbons (Fsp3) is 0.357. The SMILES string of the molecule is CC(=O)C1=C(O)C(=O)N(C[C@@H](C)O)[C@H]1c1cccnc1.